The maximum Gasteiger partial charge on any atom is 0.251 e. The molecule has 1 amide bonds. The van der Waals surface area contributed by atoms with Crippen molar-refractivity contribution in [1.29, 1.82) is 0 Å². The van der Waals surface area contributed by atoms with Crippen LogP contribution in [0, 0.1) is 0 Å². The number of anilines is 1. The Morgan fingerprint density at radius 2 is 1.93 bits per heavy atom. The lowest BCUT2D eigenvalue weighted by Crippen LogP contribution is -2.48. The zero-order chi connectivity index (χ0) is 19.3. The number of nitrogens with zero attached hydrogens (tertiary/aromatic N) is 3. The van der Waals surface area contributed by atoms with Crippen LogP contribution in [-0.2, 0) is 0 Å². The summed E-state index contributed by atoms with van der Waals surface area (Å²) >= 11 is 1.71. The van der Waals surface area contributed by atoms with Gasteiger partial charge in [0.15, 0.2) is 5.13 Å². The predicted molar refractivity (Wildman–Crippen MR) is 114 cm³/mol. The molecule has 0 saturated carbocycles. The molecule has 4 rings (SSSR count). The van der Waals surface area contributed by atoms with E-state index in [0.29, 0.717) is 12.1 Å². The number of nitrogens with one attached hydrogen (secondary N) is 1. The Morgan fingerprint density at radius 1 is 1.14 bits per heavy atom. The molecule has 7 heteroatoms. The summed E-state index contributed by atoms with van der Waals surface area (Å²) < 4.78 is 6.46. The quantitative estimate of drug-likeness (QED) is 0.694. The minimum atomic E-state index is -0.0101. The van der Waals surface area contributed by atoms with Gasteiger partial charge in [0.2, 0.25) is 0 Å². The van der Waals surface area contributed by atoms with Crippen molar-refractivity contribution in [3.05, 3.63) is 54.1 Å². The fraction of sp³-hybridized carbons (Fsp3) is 0.333. The Labute approximate surface area is 168 Å². The Kier molecular flexibility index (Phi) is 5.73. The highest BCUT2D eigenvalue weighted by molar-refractivity contribution is 7.22. The van der Waals surface area contributed by atoms with E-state index in [-0.39, 0.29) is 5.91 Å². The van der Waals surface area contributed by atoms with Crippen molar-refractivity contribution in [1.82, 2.24) is 15.2 Å². The molecule has 1 aliphatic rings. The molecular weight excluding hydrogens is 372 g/mol. The van der Waals surface area contributed by atoms with E-state index in [0.717, 1.165) is 53.8 Å². The number of amides is 1. The van der Waals surface area contributed by atoms with Crippen LogP contribution >= 0.6 is 11.3 Å². The number of ether oxygens (including phenoxy) is 1. The number of benzene rings is 2. The van der Waals surface area contributed by atoms with E-state index < -0.39 is 0 Å². The van der Waals surface area contributed by atoms with E-state index in [1.165, 1.54) is 0 Å². The van der Waals surface area contributed by atoms with Crippen LogP contribution in [0.25, 0.3) is 10.2 Å². The average molecular weight is 397 g/mol. The number of fused-ring (bicyclic) bond motifs is 1. The average Bonchev–Trinajstić information content (AvgIpc) is 3.18. The molecule has 3 aromatic rings. The van der Waals surface area contributed by atoms with Crippen LogP contribution in [0.5, 0.6) is 5.75 Å². The maximum absolute atomic E-state index is 12.1. The molecular formula is C21H24N4O2S. The Morgan fingerprint density at radius 3 is 2.68 bits per heavy atom. The number of aromatic nitrogens is 1. The molecule has 2 aromatic carbocycles. The topological polar surface area (TPSA) is 57.7 Å². The number of hydrogen-bond donors (Lipinski definition) is 1. The van der Waals surface area contributed by atoms with Crippen molar-refractivity contribution in [2.24, 2.45) is 0 Å². The van der Waals surface area contributed by atoms with Crippen LogP contribution in [-0.4, -0.2) is 62.2 Å². The molecule has 146 valence electrons. The minimum absolute atomic E-state index is 0.0101. The highest BCUT2D eigenvalue weighted by Crippen LogP contribution is 2.31. The van der Waals surface area contributed by atoms with Gasteiger partial charge in [-0.05, 0) is 30.3 Å². The summed E-state index contributed by atoms with van der Waals surface area (Å²) in [6.45, 7) is 5.37. The van der Waals surface area contributed by atoms with Crippen molar-refractivity contribution in [3.63, 3.8) is 0 Å². The second kappa shape index (κ2) is 8.58. The molecule has 1 N–H and O–H groups in total. The van der Waals surface area contributed by atoms with Crippen LogP contribution in [0.15, 0.2) is 48.5 Å². The van der Waals surface area contributed by atoms with E-state index in [1.807, 2.05) is 48.5 Å². The lowest BCUT2D eigenvalue weighted by Gasteiger charge is -2.34. The molecule has 6 nitrogen and oxygen atoms in total. The van der Waals surface area contributed by atoms with Crippen LogP contribution in [0.2, 0.25) is 0 Å². The first-order valence-electron chi connectivity index (χ1n) is 9.48. The normalized spacial score (nSPS) is 15.0. The third-order valence-corrected chi connectivity index (χ3v) is 6.06. The number of piperazine rings is 1. The molecule has 28 heavy (non-hydrogen) atoms. The Bertz CT molecular complexity index is 936. The van der Waals surface area contributed by atoms with Crippen molar-refractivity contribution < 1.29 is 9.53 Å². The van der Waals surface area contributed by atoms with E-state index in [4.69, 9.17) is 9.72 Å². The molecule has 2 heterocycles. The fourth-order valence-corrected chi connectivity index (χ4v) is 4.38. The third kappa shape index (κ3) is 4.26. The van der Waals surface area contributed by atoms with Crippen LogP contribution in [0.4, 0.5) is 5.13 Å². The van der Waals surface area contributed by atoms with Gasteiger partial charge in [0.05, 0.1) is 17.3 Å². The molecule has 0 unspecified atom stereocenters. The number of rotatable bonds is 6. The highest BCUT2D eigenvalue weighted by Gasteiger charge is 2.20. The van der Waals surface area contributed by atoms with Crippen molar-refractivity contribution in [2.45, 2.75) is 0 Å². The first-order valence-corrected chi connectivity index (χ1v) is 10.3. The van der Waals surface area contributed by atoms with Crippen molar-refractivity contribution in [3.8, 4) is 5.75 Å². The zero-order valence-electron chi connectivity index (χ0n) is 15.9. The monoisotopic (exact) mass is 396 g/mol. The van der Waals surface area contributed by atoms with Gasteiger partial charge in [-0.2, -0.15) is 0 Å². The predicted octanol–water partition coefficient (Wildman–Crippen LogP) is 2.86. The Balaban J connectivity index is 1.26. The van der Waals surface area contributed by atoms with E-state index in [9.17, 15) is 4.79 Å². The Hall–Kier alpha value is -2.64. The summed E-state index contributed by atoms with van der Waals surface area (Å²) in [5, 5.41) is 4.07. The largest absolute Gasteiger partial charge is 0.497 e. The summed E-state index contributed by atoms with van der Waals surface area (Å²) in [7, 11) is 1.69. The van der Waals surface area contributed by atoms with Crippen LogP contribution < -0.4 is 15.0 Å². The molecule has 0 bridgehead atoms. The summed E-state index contributed by atoms with van der Waals surface area (Å²) in [6, 6.07) is 15.4. The smallest absolute Gasteiger partial charge is 0.251 e. The third-order valence-electron chi connectivity index (χ3n) is 4.98. The lowest BCUT2D eigenvalue weighted by atomic mass is 10.2. The number of methoxy groups -OCH3 is 1. The maximum atomic E-state index is 12.1. The molecule has 0 radical (unpaired) electrons. The van der Waals surface area contributed by atoms with Gasteiger partial charge in [-0.15, -0.1) is 0 Å². The molecule has 0 spiro atoms. The van der Waals surface area contributed by atoms with Gasteiger partial charge in [0, 0.05) is 44.8 Å². The highest BCUT2D eigenvalue weighted by atomic mass is 32.1. The number of hydrogen-bond acceptors (Lipinski definition) is 6. The fourth-order valence-electron chi connectivity index (χ4n) is 3.34. The SMILES string of the molecule is COc1ccc2nc(N3CCN(CCNC(=O)c4ccccc4)CC3)sc2c1. The molecule has 0 aliphatic carbocycles. The van der Waals surface area contributed by atoms with E-state index >= 15 is 0 Å². The van der Waals surface area contributed by atoms with Crippen molar-refractivity contribution >= 4 is 32.6 Å². The van der Waals surface area contributed by atoms with E-state index in [1.54, 1.807) is 18.4 Å². The van der Waals surface area contributed by atoms with E-state index in [2.05, 4.69) is 15.1 Å². The second-order valence-electron chi connectivity index (χ2n) is 6.78. The lowest BCUT2D eigenvalue weighted by molar-refractivity contribution is 0.0948. The summed E-state index contributed by atoms with van der Waals surface area (Å²) in [5.74, 6) is 0.856. The number of carbonyl (C=O) groups excluding carboxylic acids is 1. The van der Waals surface area contributed by atoms with Gasteiger partial charge in [-0.1, -0.05) is 29.5 Å². The van der Waals surface area contributed by atoms with Gasteiger partial charge in [0.1, 0.15) is 5.75 Å². The first kappa shape index (κ1) is 18.7. The van der Waals surface area contributed by atoms with Crippen LogP contribution in [0.1, 0.15) is 10.4 Å². The van der Waals surface area contributed by atoms with Crippen LogP contribution in [0.3, 0.4) is 0 Å². The first-order chi connectivity index (χ1) is 13.7. The van der Waals surface area contributed by atoms with Crippen molar-refractivity contribution in [2.75, 3.05) is 51.3 Å². The molecule has 1 saturated heterocycles. The summed E-state index contributed by atoms with van der Waals surface area (Å²) in [6.07, 6.45) is 0. The molecule has 1 fully saturated rings. The standard InChI is InChI=1S/C21H24N4O2S/c1-27-17-7-8-18-19(15-17)28-21(23-18)25-13-11-24(12-14-25)10-9-22-20(26)16-5-3-2-4-6-16/h2-8,15H,9-14H2,1H3,(H,22,26). The van der Waals surface area contributed by atoms with Gasteiger partial charge < -0.3 is 15.0 Å². The summed E-state index contributed by atoms with van der Waals surface area (Å²) in [5.41, 5.74) is 1.73. The van der Waals surface area contributed by atoms with Gasteiger partial charge in [0.25, 0.3) is 5.91 Å². The molecule has 0 atom stereocenters. The number of carbonyl (C=O) groups is 1. The van der Waals surface area contributed by atoms with Gasteiger partial charge >= 0.3 is 0 Å². The molecule has 1 aromatic heterocycles. The minimum Gasteiger partial charge on any atom is -0.497 e. The second-order valence-corrected chi connectivity index (χ2v) is 7.79. The molecule has 1 aliphatic heterocycles. The number of thiazole rings is 1. The summed E-state index contributed by atoms with van der Waals surface area (Å²) in [4.78, 5) is 21.6. The van der Waals surface area contributed by atoms with Gasteiger partial charge in [-0.25, -0.2) is 4.98 Å². The zero-order valence-corrected chi connectivity index (χ0v) is 16.7. The van der Waals surface area contributed by atoms with Gasteiger partial charge in [-0.3, -0.25) is 9.69 Å².